The topological polar surface area (TPSA) is 12.9 Å². The highest BCUT2D eigenvalue weighted by Gasteiger charge is 2.11. The first-order chi connectivity index (χ1) is 8.74. The van der Waals surface area contributed by atoms with Crippen LogP contribution in [-0.2, 0) is 0 Å². The second kappa shape index (κ2) is 4.67. The molecule has 0 spiro atoms. The number of hydrogen-bond donors (Lipinski definition) is 0. The molecule has 0 atom stereocenters. The molecular formula is C15H13NS2. The van der Waals surface area contributed by atoms with E-state index in [-0.39, 0.29) is 0 Å². The third kappa shape index (κ3) is 2.11. The van der Waals surface area contributed by atoms with Gasteiger partial charge in [-0.05, 0) is 25.3 Å². The maximum absolute atomic E-state index is 4.78. The van der Waals surface area contributed by atoms with Gasteiger partial charge in [0.2, 0.25) is 0 Å². The number of aryl methyl sites for hydroxylation is 2. The van der Waals surface area contributed by atoms with Crippen molar-refractivity contribution in [3.8, 4) is 21.1 Å². The summed E-state index contributed by atoms with van der Waals surface area (Å²) in [6.45, 7) is 4.25. The van der Waals surface area contributed by atoms with Crippen molar-refractivity contribution < 1.29 is 0 Å². The van der Waals surface area contributed by atoms with Gasteiger partial charge in [-0.15, -0.1) is 22.7 Å². The highest BCUT2D eigenvalue weighted by molar-refractivity contribution is 7.21. The van der Waals surface area contributed by atoms with Crippen LogP contribution in [0.25, 0.3) is 21.1 Å². The average Bonchev–Trinajstić information content (AvgIpc) is 2.99. The highest BCUT2D eigenvalue weighted by atomic mass is 32.1. The van der Waals surface area contributed by atoms with Gasteiger partial charge in [-0.2, -0.15) is 0 Å². The second-order valence-corrected chi connectivity index (χ2v) is 6.42. The largest absolute Gasteiger partial charge is 0.235 e. The van der Waals surface area contributed by atoms with Gasteiger partial charge in [-0.3, -0.25) is 0 Å². The molecule has 90 valence electrons. The van der Waals surface area contributed by atoms with E-state index in [2.05, 4.69) is 55.6 Å². The van der Waals surface area contributed by atoms with Crippen molar-refractivity contribution in [2.75, 3.05) is 0 Å². The van der Waals surface area contributed by atoms with Crippen molar-refractivity contribution in [3.63, 3.8) is 0 Å². The smallest absolute Gasteiger partial charge is 0.134 e. The van der Waals surface area contributed by atoms with Crippen LogP contribution in [0.3, 0.4) is 0 Å². The molecule has 0 N–H and O–H groups in total. The molecule has 0 bridgehead atoms. The minimum Gasteiger partial charge on any atom is -0.235 e. The normalized spacial score (nSPS) is 10.8. The van der Waals surface area contributed by atoms with Crippen LogP contribution in [0.1, 0.15) is 10.4 Å². The Balaban J connectivity index is 2.06. The van der Waals surface area contributed by atoms with Crippen LogP contribution in [0, 0.1) is 13.8 Å². The molecule has 0 aliphatic rings. The number of rotatable bonds is 2. The fourth-order valence-electron chi connectivity index (χ4n) is 1.88. The van der Waals surface area contributed by atoms with E-state index in [0.29, 0.717) is 0 Å². The fourth-order valence-corrected chi connectivity index (χ4v) is 3.61. The van der Waals surface area contributed by atoms with E-state index in [9.17, 15) is 0 Å². The minimum absolute atomic E-state index is 1.11. The molecular weight excluding hydrogens is 258 g/mol. The lowest BCUT2D eigenvalue weighted by Gasteiger charge is -1.99. The van der Waals surface area contributed by atoms with Crippen LogP contribution in [0.2, 0.25) is 0 Å². The molecule has 2 aromatic heterocycles. The van der Waals surface area contributed by atoms with E-state index in [0.717, 1.165) is 10.7 Å². The minimum atomic E-state index is 1.11. The summed E-state index contributed by atoms with van der Waals surface area (Å²) in [4.78, 5) is 7.31. The molecule has 1 nitrogen and oxygen atoms in total. The van der Waals surface area contributed by atoms with Crippen molar-refractivity contribution in [2.45, 2.75) is 13.8 Å². The summed E-state index contributed by atoms with van der Waals surface area (Å²) in [6.07, 6.45) is 0. The maximum atomic E-state index is 4.78. The predicted octanol–water partition coefficient (Wildman–Crippen LogP) is 5.16. The van der Waals surface area contributed by atoms with E-state index in [1.54, 1.807) is 22.7 Å². The Bertz CT molecular complexity index is 648. The molecule has 3 aromatic rings. The number of benzene rings is 1. The number of nitrogens with zero attached hydrogens (tertiary/aromatic N) is 1. The first kappa shape index (κ1) is 11.6. The van der Waals surface area contributed by atoms with E-state index in [1.807, 2.05) is 0 Å². The Morgan fingerprint density at radius 3 is 2.44 bits per heavy atom. The van der Waals surface area contributed by atoms with Gasteiger partial charge in [-0.1, -0.05) is 35.9 Å². The average molecular weight is 271 g/mol. The zero-order valence-corrected chi connectivity index (χ0v) is 11.9. The van der Waals surface area contributed by atoms with Crippen molar-refractivity contribution in [3.05, 3.63) is 52.2 Å². The first-order valence-corrected chi connectivity index (χ1v) is 7.52. The van der Waals surface area contributed by atoms with Crippen molar-refractivity contribution in [2.24, 2.45) is 0 Å². The number of aromatic nitrogens is 1. The molecule has 0 aliphatic carbocycles. The van der Waals surface area contributed by atoms with Crippen molar-refractivity contribution in [1.29, 1.82) is 0 Å². The Labute approximate surface area is 115 Å². The number of thiophene rings is 1. The fraction of sp³-hybridized carbons (Fsp3) is 0.133. The van der Waals surface area contributed by atoms with Crippen LogP contribution >= 0.6 is 22.7 Å². The number of hydrogen-bond acceptors (Lipinski definition) is 3. The van der Waals surface area contributed by atoms with Crippen LogP contribution in [0.15, 0.2) is 41.8 Å². The van der Waals surface area contributed by atoms with Gasteiger partial charge >= 0.3 is 0 Å². The Kier molecular flexibility index (Phi) is 3.02. The predicted molar refractivity (Wildman–Crippen MR) is 80.3 cm³/mol. The van der Waals surface area contributed by atoms with Crippen molar-refractivity contribution in [1.82, 2.24) is 4.98 Å². The van der Waals surface area contributed by atoms with E-state index in [4.69, 9.17) is 4.98 Å². The zero-order valence-electron chi connectivity index (χ0n) is 10.3. The molecule has 0 saturated carbocycles. The summed E-state index contributed by atoms with van der Waals surface area (Å²) in [5.74, 6) is 0. The molecule has 2 heterocycles. The van der Waals surface area contributed by atoms with Gasteiger partial charge in [0.15, 0.2) is 0 Å². The third-order valence-corrected chi connectivity index (χ3v) is 4.86. The standard InChI is InChI=1S/C15H13NS2/c1-10-5-7-12(8-6-10)14-11(2)18-15(16-14)13-4-3-9-17-13/h3-9H,1-2H3. The van der Waals surface area contributed by atoms with Gasteiger partial charge in [0.25, 0.3) is 0 Å². The molecule has 1 aromatic carbocycles. The summed E-state index contributed by atoms with van der Waals surface area (Å²) in [5, 5.41) is 3.22. The van der Waals surface area contributed by atoms with Gasteiger partial charge in [0.05, 0.1) is 10.6 Å². The third-order valence-electron chi connectivity index (χ3n) is 2.85. The summed E-state index contributed by atoms with van der Waals surface area (Å²) < 4.78 is 0. The lowest BCUT2D eigenvalue weighted by atomic mass is 10.1. The van der Waals surface area contributed by atoms with E-state index >= 15 is 0 Å². The molecule has 0 radical (unpaired) electrons. The summed E-state index contributed by atoms with van der Waals surface area (Å²) in [7, 11) is 0. The van der Waals surface area contributed by atoms with Gasteiger partial charge in [-0.25, -0.2) is 4.98 Å². The molecule has 0 amide bonds. The molecule has 3 rings (SSSR count). The Morgan fingerprint density at radius 1 is 1.00 bits per heavy atom. The van der Waals surface area contributed by atoms with E-state index < -0.39 is 0 Å². The monoisotopic (exact) mass is 271 g/mol. The molecule has 0 fully saturated rings. The molecule has 0 unspecified atom stereocenters. The quantitative estimate of drug-likeness (QED) is 0.627. The molecule has 3 heteroatoms. The van der Waals surface area contributed by atoms with E-state index in [1.165, 1.54) is 20.9 Å². The highest BCUT2D eigenvalue weighted by Crippen LogP contribution is 2.35. The molecule has 0 saturated heterocycles. The Morgan fingerprint density at radius 2 is 1.78 bits per heavy atom. The first-order valence-electron chi connectivity index (χ1n) is 5.82. The maximum Gasteiger partial charge on any atom is 0.134 e. The molecule has 18 heavy (non-hydrogen) atoms. The van der Waals surface area contributed by atoms with Crippen LogP contribution < -0.4 is 0 Å². The second-order valence-electron chi connectivity index (χ2n) is 4.27. The Hall–Kier alpha value is -1.45. The molecule has 0 aliphatic heterocycles. The van der Waals surface area contributed by atoms with Crippen LogP contribution in [-0.4, -0.2) is 4.98 Å². The lowest BCUT2D eigenvalue weighted by molar-refractivity contribution is 1.37. The van der Waals surface area contributed by atoms with Crippen LogP contribution in [0.5, 0.6) is 0 Å². The van der Waals surface area contributed by atoms with Gasteiger partial charge in [0.1, 0.15) is 5.01 Å². The summed E-state index contributed by atoms with van der Waals surface area (Å²) >= 11 is 3.51. The summed E-state index contributed by atoms with van der Waals surface area (Å²) in [5.41, 5.74) is 3.60. The van der Waals surface area contributed by atoms with Gasteiger partial charge < -0.3 is 0 Å². The number of thiazole rings is 1. The SMILES string of the molecule is Cc1ccc(-c2nc(-c3cccs3)sc2C)cc1. The summed E-state index contributed by atoms with van der Waals surface area (Å²) in [6, 6.07) is 12.8. The van der Waals surface area contributed by atoms with Crippen LogP contribution in [0.4, 0.5) is 0 Å². The zero-order chi connectivity index (χ0) is 12.5. The van der Waals surface area contributed by atoms with Crippen molar-refractivity contribution >= 4 is 22.7 Å². The van der Waals surface area contributed by atoms with Gasteiger partial charge in [0, 0.05) is 10.4 Å². The lowest BCUT2D eigenvalue weighted by Crippen LogP contribution is -1.81.